The highest BCUT2D eigenvalue weighted by atomic mass is 32.2. The Morgan fingerprint density at radius 3 is 3.00 bits per heavy atom. The maximum absolute atomic E-state index is 9.37. The van der Waals surface area contributed by atoms with Gasteiger partial charge >= 0.3 is 0 Å². The van der Waals surface area contributed by atoms with Gasteiger partial charge in [0.15, 0.2) is 11.5 Å². The molecule has 2 aromatic rings. The summed E-state index contributed by atoms with van der Waals surface area (Å²) in [5.41, 5.74) is 0.808. The Hall–Kier alpha value is -1.23. The van der Waals surface area contributed by atoms with Gasteiger partial charge in [0.25, 0.3) is 0 Å². The van der Waals surface area contributed by atoms with Crippen molar-refractivity contribution >= 4 is 17.4 Å². The zero-order valence-corrected chi connectivity index (χ0v) is 10.4. The van der Waals surface area contributed by atoms with E-state index in [2.05, 4.69) is 10.1 Å². The SMILES string of the molecule is Oc1ccc2nc(CC3CCSCC3)nn2c1. The van der Waals surface area contributed by atoms with E-state index in [0.29, 0.717) is 0 Å². The van der Waals surface area contributed by atoms with Gasteiger partial charge in [-0.3, -0.25) is 0 Å². The first-order chi connectivity index (χ1) is 8.31. The molecular formula is C12H15N3OS. The lowest BCUT2D eigenvalue weighted by Gasteiger charge is -2.19. The number of hydrogen-bond donors (Lipinski definition) is 1. The van der Waals surface area contributed by atoms with Crippen molar-refractivity contribution in [1.82, 2.24) is 14.6 Å². The molecule has 1 fully saturated rings. The van der Waals surface area contributed by atoms with E-state index in [1.807, 2.05) is 11.8 Å². The van der Waals surface area contributed by atoms with E-state index in [-0.39, 0.29) is 5.75 Å². The predicted molar refractivity (Wildman–Crippen MR) is 68.4 cm³/mol. The molecule has 0 radical (unpaired) electrons. The maximum Gasteiger partial charge on any atom is 0.155 e. The second-order valence-corrected chi connectivity index (χ2v) is 5.70. The van der Waals surface area contributed by atoms with E-state index in [1.165, 1.54) is 24.3 Å². The lowest BCUT2D eigenvalue weighted by Crippen LogP contribution is -2.13. The third-order valence-electron chi connectivity index (χ3n) is 3.17. The molecule has 0 aromatic carbocycles. The van der Waals surface area contributed by atoms with Crippen LogP contribution in [-0.2, 0) is 6.42 Å². The van der Waals surface area contributed by atoms with Gasteiger partial charge < -0.3 is 5.11 Å². The van der Waals surface area contributed by atoms with Gasteiger partial charge in [0, 0.05) is 6.42 Å². The lowest BCUT2D eigenvalue weighted by atomic mass is 9.99. The van der Waals surface area contributed by atoms with Crippen molar-refractivity contribution in [3.8, 4) is 5.75 Å². The number of aromatic nitrogens is 3. The summed E-state index contributed by atoms with van der Waals surface area (Å²) < 4.78 is 1.66. The number of nitrogens with zero attached hydrogens (tertiary/aromatic N) is 3. The Morgan fingerprint density at radius 2 is 2.18 bits per heavy atom. The maximum atomic E-state index is 9.37. The average Bonchev–Trinajstić information content (AvgIpc) is 2.71. The fourth-order valence-corrected chi connectivity index (χ4v) is 3.42. The van der Waals surface area contributed by atoms with Crippen molar-refractivity contribution in [2.24, 2.45) is 5.92 Å². The van der Waals surface area contributed by atoms with Gasteiger partial charge in [-0.05, 0) is 42.4 Å². The second-order valence-electron chi connectivity index (χ2n) is 4.48. The predicted octanol–water partition coefficient (Wildman–Crippen LogP) is 2.12. The third-order valence-corrected chi connectivity index (χ3v) is 4.22. The minimum Gasteiger partial charge on any atom is -0.506 e. The van der Waals surface area contributed by atoms with Gasteiger partial charge in [-0.2, -0.15) is 16.9 Å². The van der Waals surface area contributed by atoms with Crippen molar-refractivity contribution in [1.29, 1.82) is 0 Å². The molecule has 3 heterocycles. The topological polar surface area (TPSA) is 50.4 Å². The molecule has 1 aliphatic heterocycles. The first-order valence-corrected chi connectivity index (χ1v) is 7.09. The summed E-state index contributed by atoms with van der Waals surface area (Å²) >= 11 is 2.04. The second kappa shape index (κ2) is 4.56. The Morgan fingerprint density at radius 1 is 1.35 bits per heavy atom. The van der Waals surface area contributed by atoms with E-state index in [4.69, 9.17) is 0 Å². The highest BCUT2D eigenvalue weighted by Crippen LogP contribution is 2.25. The van der Waals surface area contributed by atoms with Crippen LogP contribution in [0.3, 0.4) is 0 Å². The molecule has 4 nitrogen and oxygen atoms in total. The standard InChI is InChI=1S/C12H15N3OS/c16-10-1-2-12-13-11(14-15(12)8-10)7-9-3-5-17-6-4-9/h1-2,8-9,16H,3-7H2. The molecular weight excluding hydrogens is 234 g/mol. The third kappa shape index (κ3) is 2.39. The number of thioether (sulfide) groups is 1. The number of hydrogen-bond acceptors (Lipinski definition) is 4. The van der Waals surface area contributed by atoms with E-state index in [9.17, 15) is 5.11 Å². The fourth-order valence-electron chi connectivity index (χ4n) is 2.21. The quantitative estimate of drug-likeness (QED) is 0.885. The molecule has 1 N–H and O–H groups in total. The zero-order valence-electron chi connectivity index (χ0n) is 9.54. The molecule has 0 saturated carbocycles. The van der Waals surface area contributed by atoms with Crippen LogP contribution in [-0.4, -0.2) is 31.2 Å². The normalized spacial score (nSPS) is 17.6. The van der Waals surface area contributed by atoms with Crippen LogP contribution in [0, 0.1) is 5.92 Å². The minimum atomic E-state index is 0.225. The van der Waals surface area contributed by atoms with Gasteiger partial charge in [-0.15, -0.1) is 0 Å². The van der Waals surface area contributed by atoms with Gasteiger partial charge in [0.05, 0.1) is 6.20 Å². The Labute approximate surface area is 104 Å². The van der Waals surface area contributed by atoms with Crippen LogP contribution in [0.4, 0.5) is 0 Å². The molecule has 0 unspecified atom stereocenters. The average molecular weight is 249 g/mol. The van der Waals surface area contributed by atoms with Crippen LogP contribution in [0.25, 0.3) is 5.65 Å². The zero-order chi connectivity index (χ0) is 11.7. The first-order valence-electron chi connectivity index (χ1n) is 5.93. The van der Waals surface area contributed by atoms with Crippen molar-refractivity contribution in [3.63, 3.8) is 0 Å². The summed E-state index contributed by atoms with van der Waals surface area (Å²) in [6.07, 6.45) is 5.10. The van der Waals surface area contributed by atoms with E-state index in [1.54, 1.807) is 22.8 Å². The summed E-state index contributed by atoms with van der Waals surface area (Å²) in [6.45, 7) is 0. The molecule has 0 aliphatic carbocycles. The molecule has 0 spiro atoms. The molecule has 0 atom stereocenters. The molecule has 90 valence electrons. The van der Waals surface area contributed by atoms with Crippen LogP contribution in [0.15, 0.2) is 18.3 Å². The van der Waals surface area contributed by atoms with E-state index in [0.717, 1.165) is 23.8 Å². The number of fused-ring (bicyclic) bond motifs is 1. The first kappa shape index (κ1) is 10.9. The lowest BCUT2D eigenvalue weighted by molar-refractivity contribution is 0.468. The van der Waals surface area contributed by atoms with E-state index >= 15 is 0 Å². The van der Waals surface area contributed by atoms with Crippen molar-refractivity contribution in [3.05, 3.63) is 24.2 Å². The monoisotopic (exact) mass is 249 g/mol. The van der Waals surface area contributed by atoms with Crippen LogP contribution in [0.5, 0.6) is 5.75 Å². The summed E-state index contributed by atoms with van der Waals surface area (Å²) in [5.74, 6) is 4.37. The molecule has 5 heteroatoms. The van der Waals surface area contributed by atoms with Gasteiger partial charge in [-0.25, -0.2) is 9.50 Å². The minimum absolute atomic E-state index is 0.225. The highest BCUT2D eigenvalue weighted by Gasteiger charge is 2.16. The largest absolute Gasteiger partial charge is 0.506 e. The van der Waals surface area contributed by atoms with Crippen LogP contribution >= 0.6 is 11.8 Å². The summed E-state index contributed by atoms with van der Waals surface area (Å²) in [6, 6.07) is 3.44. The van der Waals surface area contributed by atoms with Crippen LogP contribution in [0.2, 0.25) is 0 Å². The molecule has 1 aliphatic rings. The summed E-state index contributed by atoms with van der Waals surface area (Å²) in [7, 11) is 0. The van der Waals surface area contributed by atoms with Gasteiger partial charge in [0.2, 0.25) is 0 Å². The molecule has 0 bridgehead atoms. The fraction of sp³-hybridized carbons (Fsp3) is 0.500. The van der Waals surface area contributed by atoms with Crippen molar-refractivity contribution < 1.29 is 5.11 Å². The Kier molecular flexibility index (Phi) is 2.93. The molecule has 3 rings (SSSR count). The van der Waals surface area contributed by atoms with Gasteiger partial charge in [0.1, 0.15) is 5.75 Å². The Bertz CT molecular complexity index is 519. The van der Waals surface area contributed by atoms with Crippen LogP contribution in [0.1, 0.15) is 18.7 Å². The molecule has 17 heavy (non-hydrogen) atoms. The molecule has 1 saturated heterocycles. The van der Waals surface area contributed by atoms with Crippen molar-refractivity contribution in [2.45, 2.75) is 19.3 Å². The molecule has 0 amide bonds. The number of rotatable bonds is 2. The van der Waals surface area contributed by atoms with Gasteiger partial charge in [-0.1, -0.05) is 0 Å². The highest BCUT2D eigenvalue weighted by molar-refractivity contribution is 7.99. The number of pyridine rings is 1. The van der Waals surface area contributed by atoms with E-state index < -0.39 is 0 Å². The Balaban J connectivity index is 1.80. The summed E-state index contributed by atoms with van der Waals surface area (Å²) in [5, 5.41) is 13.8. The number of aromatic hydroxyl groups is 1. The smallest absolute Gasteiger partial charge is 0.155 e. The molecule has 2 aromatic heterocycles. The summed E-state index contributed by atoms with van der Waals surface area (Å²) in [4.78, 5) is 4.48. The van der Waals surface area contributed by atoms with Crippen molar-refractivity contribution in [2.75, 3.05) is 11.5 Å². The van der Waals surface area contributed by atoms with Crippen LogP contribution < -0.4 is 0 Å².